The number of amides is 2. The van der Waals surface area contributed by atoms with Crippen LogP contribution in [0.15, 0.2) is 72.8 Å². The molecule has 0 saturated carbocycles. The number of likely N-dealkylation sites (tertiary alicyclic amines) is 1. The van der Waals surface area contributed by atoms with E-state index in [1.807, 2.05) is 0 Å². The molecule has 1 aliphatic rings. The Morgan fingerprint density at radius 1 is 0.833 bits per heavy atom. The fourth-order valence-electron chi connectivity index (χ4n) is 4.20. The summed E-state index contributed by atoms with van der Waals surface area (Å²) >= 11 is 4.52. The Morgan fingerprint density at radius 3 is 1.90 bits per heavy atom. The molecule has 0 spiro atoms. The van der Waals surface area contributed by atoms with Crippen LogP contribution in [0.1, 0.15) is 23.1 Å². The Hall–Kier alpha value is -4.85. The Morgan fingerprint density at radius 2 is 1.36 bits per heavy atom. The number of rotatable bonds is 11. The lowest BCUT2D eigenvalue weighted by atomic mass is 10.2. The second kappa shape index (κ2) is 14.2. The largest absolute Gasteiger partial charge is 0.491 e. The van der Waals surface area contributed by atoms with E-state index in [2.05, 4.69) is 17.9 Å². The van der Waals surface area contributed by atoms with Gasteiger partial charge in [-0.15, -0.1) is 0 Å². The summed E-state index contributed by atoms with van der Waals surface area (Å²) in [6.45, 7) is 0.819. The van der Waals surface area contributed by atoms with Gasteiger partial charge in [0.1, 0.15) is 25.6 Å². The van der Waals surface area contributed by atoms with E-state index in [9.17, 15) is 29.8 Å². The maximum absolute atomic E-state index is 12.7. The Bertz CT molecular complexity index is 1400. The zero-order chi connectivity index (χ0) is 30.1. The molecular weight excluding hydrogens is 568 g/mol. The standard InChI is InChI=1S/C28H28N4O9S/c33-27(40-16-20-1-7-22(8-2-20)31(35)36)29-14-19-5-11-25(12-6-19)39-18-24-13-26(42)15-30(24)28(34)41-17-21-3-9-23(10-4-21)32(37)38/h1-12,24,26,42H,13-18H2,(H,29,33)/t24-,26-/m0/s1. The summed E-state index contributed by atoms with van der Waals surface area (Å²) in [5, 5.41) is 24.1. The van der Waals surface area contributed by atoms with Crippen LogP contribution in [0.4, 0.5) is 21.0 Å². The van der Waals surface area contributed by atoms with Crippen molar-refractivity contribution in [2.24, 2.45) is 0 Å². The number of carbonyl (C=O) groups is 2. The summed E-state index contributed by atoms with van der Waals surface area (Å²) in [5.74, 6) is 0.585. The van der Waals surface area contributed by atoms with Gasteiger partial charge in [0.25, 0.3) is 11.4 Å². The average molecular weight is 597 g/mol. The molecule has 1 fully saturated rings. The van der Waals surface area contributed by atoms with Crippen molar-refractivity contribution in [2.45, 2.75) is 37.5 Å². The molecule has 0 radical (unpaired) electrons. The number of ether oxygens (including phenoxy) is 3. The summed E-state index contributed by atoms with van der Waals surface area (Å²) in [4.78, 5) is 46.8. The highest BCUT2D eigenvalue weighted by molar-refractivity contribution is 7.81. The fraction of sp³-hybridized carbons (Fsp3) is 0.286. The van der Waals surface area contributed by atoms with Crippen molar-refractivity contribution < 1.29 is 33.6 Å². The normalized spacial score (nSPS) is 16.0. The van der Waals surface area contributed by atoms with Gasteiger partial charge in [-0.2, -0.15) is 12.6 Å². The molecule has 3 aromatic rings. The first-order valence-corrected chi connectivity index (χ1v) is 13.4. The monoisotopic (exact) mass is 596 g/mol. The van der Waals surface area contributed by atoms with Crippen LogP contribution in [0.5, 0.6) is 5.75 Å². The SMILES string of the molecule is O=C(NCc1ccc(OC[C@@H]2C[C@H](S)CN2C(=O)OCc2ccc([N+](=O)[O-])cc2)cc1)OCc1ccc([N+](=O)[O-])cc1. The highest BCUT2D eigenvalue weighted by atomic mass is 32.1. The third-order valence-corrected chi connectivity index (χ3v) is 6.83. The number of benzene rings is 3. The third kappa shape index (κ3) is 8.57. The number of hydrogen-bond donors (Lipinski definition) is 2. The van der Waals surface area contributed by atoms with E-state index in [0.29, 0.717) is 29.8 Å². The summed E-state index contributed by atoms with van der Waals surface area (Å²) in [6.07, 6.45) is -0.517. The molecule has 42 heavy (non-hydrogen) atoms. The van der Waals surface area contributed by atoms with Crippen molar-refractivity contribution in [1.82, 2.24) is 10.2 Å². The Balaban J connectivity index is 1.19. The number of nitrogens with one attached hydrogen (secondary N) is 1. The molecular formula is C28H28N4O9S. The predicted molar refractivity (Wildman–Crippen MR) is 153 cm³/mol. The molecule has 2 amide bonds. The number of alkyl carbamates (subject to hydrolysis) is 1. The van der Waals surface area contributed by atoms with Gasteiger partial charge in [0, 0.05) is 42.6 Å². The van der Waals surface area contributed by atoms with Crippen LogP contribution in [0, 0.1) is 20.2 Å². The van der Waals surface area contributed by atoms with E-state index in [1.165, 1.54) is 36.4 Å². The number of nitro benzene ring substituents is 2. The van der Waals surface area contributed by atoms with Crippen LogP contribution >= 0.6 is 12.6 Å². The van der Waals surface area contributed by atoms with Gasteiger partial charge in [-0.05, 0) is 59.5 Å². The minimum absolute atomic E-state index is 0.0156. The van der Waals surface area contributed by atoms with Gasteiger partial charge in [-0.3, -0.25) is 20.2 Å². The molecule has 1 saturated heterocycles. The minimum Gasteiger partial charge on any atom is -0.491 e. The van der Waals surface area contributed by atoms with Crippen molar-refractivity contribution in [3.63, 3.8) is 0 Å². The first-order chi connectivity index (χ1) is 20.2. The average Bonchev–Trinajstić information content (AvgIpc) is 3.38. The van der Waals surface area contributed by atoms with Crippen LogP contribution in [0.2, 0.25) is 0 Å². The third-order valence-electron chi connectivity index (χ3n) is 6.46. The minimum atomic E-state index is -0.628. The number of non-ortho nitro benzene ring substituents is 2. The van der Waals surface area contributed by atoms with Crippen molar-refractivity contribution in [1.29, 1.82) is 0 Å². The summed E-state index contributed by atoms with van der Waals surface area (Å²) in [6, 6.07) is 18.4. The number of carbonyl (C=O) groups excluding carboxylic acids is 2. The van der Waals surface area contributed by atoms with Crippen molar-refractivity contribution in [3.8, 4) is 5.75 Å². The number of thiol groups is 1. The van der Waals surface area contributed by atoms with E-state index >= 15 is 0 Å². The molecule has 0 unspecified atom stereocenters. The lowest BCUT2D eigenvalue weighted by Gasteiger charge is -2.24. The molecule has 2 atom stereocenters. The van der Waals surface area contributed by atoms with Gasteiger partial charge >= 0.3 is 12.2 Å². The van der Waals surface area contributed by atoms with Gasteiger partial charge < -0.3 is 24.4 Å². The molecule has 1 N–H and O–H groups in total. The second-order valence-corrected chi connectivity index (χ2v) is 10.2. The molecule has 4 rings (SSSR count). The maximum atomic E-state index is 12.7. The van der Waals surface area contributed by atoms with E-state index in [0.717, 1.165) is 5.56 Å². The molecule has 14 heteroatoms. The molecule has 1 heterocycles. The van der Waals surface area contributed by atoms with E-state index in [1.54, 1.807) is 41.3 Å². The molecule has 3 aromatic carbocycles. The van der Waals surface area contributed by atoms with Crippen LogP contribution < -0.4 is 10.1 Å². The van der Waals surface area contributed by atoms with E-state index in [4.69, 9.17) is 14.2 Å². The van der Waals surface area contributed by atoms with Gasteiger partial charge in [-0.25, -0.2) is 9.59 Å². The van der Waals surface area contributed by atoms with Crippen LogP contribution in [0.25, 0.3) is 0 Å². The zero-order valence-corrected chi connectivity index (χ0v) is 23.2. The van der Waals surface area contributed by atoms with Crippen LogP contribution in [0.3, 0.4) is 0 Å². The first-order valence-electron chi connectivity index (χ1n) is 12.9. The summed E-state index contributed by atoms with van der Waals surface area (Å²) < 4.78 is 16.5. The smallest absolute Gasteiger partial charge is 0.410 e. The zero-order valence-electron chi connectivity index (χ0n) is 22.3. The quantitative estimate of drug-likeness (QED) is 0.176. The topological polar surface area (TPSA) is 163 Å². The molecule has 0 aromatic heterocycles. The second-order valence-electron chi connectivity index (χ2n) is 9.48. The maximum Gasteiger partial charge on any atom is 0.410 e. The van der Waals surface area contributed by atoms with Gasteiger partial charge in [-0.1, -0.05) is 12.1 Å². The highest BCUT2D eigenvalue weighted by Gasteiger charge is 2.35. The van der Waals surface area contributed by atoms with Crippen molar-refractivity contribution in [2.75, 3.05) is 13.2 Å². The van der Waals surface area contributed by atoms with Gasteiger partial charge in [0.05, 0.1) is 15.9 Å². The number of nitro groups is 2. The molecule has 13 nitrogen and oxygen atoms in total. The van der Waals surface area contributed by atoms with Crippen LogP contribution in [-0.4, -0.2) is 51.4 Å². The number of nitrogens with zero attached hydrogens (tertiary/aromatic N) is 3. The van der Waals surface area contributed by atoms with E-state index in [-0.39, 0.29) is 49.0 Å². The van der Waals surface area contributed by atoms with Gasteiger partial charge in [0.2, 0.25) is 0 Å². The van der Waals surface area contributed by atoms with Crippen molar-refractivity contribution in [3.05, 3.63) is 110 Å². The Kier molecular flexibility index (Phi) is 10.2. The molecule has 0 aliphatic carbocycles. The van der Waals surface area contributed by atoms with Crippen molar-refractivity contribution >= 4 is 36.2 Å². The first kappa shape index (κ1) is 30.1. The molecule has 220 valence electrons. The molecule has 1 aliphatic heterocycles. The van der Waals surface area contributed by atoms with Crippen LogP contribution in [-0.2, 0) is 29.2 Å². The van der Waals surface area contributed by atoms with E-state index < -0.39 is 22.0 Å². The molecule has 0 bridgehead atoms. The predicted octanol–water partition coefficient (Wildman–Crippen LogP) is 5.02. The fourth-order valence-corrected chi connectivity index (χ4v) is 4.62. The Labute approximate surface area is 246 Å². The highest BCUT2D eigenvalue weighted by Crippen LogP contribution is 2.25. The lowest BCUT2D eigenvalue weighted by molar-refractivity contribution is -0.385. The summed E-state index contributed by atoms with van der Waals surface area (Å²) in [5.41, 5.74) is 1.99. The lowest BCUT2D eigenvalue weighted by Crippen LogP contribution is -2.39. The number of hydrogen-bond acceptors (Lipinski definition) is 10. The summed E-state index contributed by atoms with van der Waals surface area (Å²) in [7, 11) is 0. The van der Waals surface area contributed by atoms with Gasteiger partial charge in [0.15, 0.2) is 0 Å².